The monoisotopic (exact) mass is 408 g/mol. The maximum atomic E-state index is 12.2. The molecule has 3 amide bonds. The Hall–Kier alpha value is -2.38. The van der Waals surface area contributed by atoms with Crippen LogP contribution in [0.2, 0.25) is 0 Å². The molecule has 0 spiro atoms. The molecule has 0 aromatic rings. The standard InChI is InChI=1S/C14H24N4O8S/c1-6(15)11(22)17-8(4-19)12(23)18-9(5-27)13(24)16-7(14(25)26)2-3-10(20)21/h6-9,19,27H,2-5,15H2,1H3,(H,16,24)(H,17,22)(H,18,23)(H,20,21)(H,25,26). The van der Waals surface area contributed by atoms with Crippen molar-refractivity contribution in [3.8, 4) is 0 Å². The van der Waals surface area contributed by atoms with E-state index in [1.807, 2.05) is 0 Å². The first kappa shape index (κ1) is 24.6. The molecule has 0 heterocycles. The fourth-order valence-electron chi connectivity index (χ4n) is 1.76. The Morgan fingerprint density at radius 3 is 1.81 bits per heavy atom. The zero-order valence-corrected chi connectivity index (χ0v) is 15.4. The van der Waals surface area contributed by atoms with E-state index in [0.717, 1.165) is 0 Å². The second-order valence-corrected chi connectivity index (χ2v) is 5.97. The van der Waals surface area contributed by atoms with Crippen LogP contribution in [0.5, 0.6) is 0 Å². The van der Waals surface area contributed by atoms with Crippen molar-refractivity contribution in [1.29, 1.82) is 0 Å². The minimum atomic E-state index is -1.47. The smallest absolute Gasteiger partial charge is 0.326 e. The summed E-state index contributed by atoms with van der Waals surface area (Å²) in [5.41, 5.74) is 5.35. The van der Waals surface area contributed by atoms with Crippen LogP contribution in [0.3, 0.4) is 0 Å². The molecule has 0 aliphatic heterocycles. The summed E-state index contributed by atoms with van der Waals surface area (Å²) in [4.78, 5) is 57.4. The van der Waals surface area contributed by atoms with Gasteiger partial charge < -0.3 is 37.0 Å². The van der Waals surface area contributed by atoms with Crippen molar-refractivity contribution in [3.63, 3.8) is 0 Å². The molecule has 154 valence electrons. The van der Waals surface area contributed by atoms with Gasteiger partial charge in [0.2, 0.25) is 17.7 Å². The van der Waals surface area contributed by atoms with Gasteiger partial charge >= 0.3 is 11.9 Å². The van der Waals surface area contributed by atoms with Gasteiger partial charge in [-0.1, -0.05) is 0 Å². The van der Waals surface area contributed by atoms with Gasteiger partial charge in [0.1, 0.15) is 18.1 Å². The van der Waals surface area contributed by atoms with Gasteiger partial charge in [-0.2, -0.15) is 12.6 Å². The van der Waals surface area contributed by atoms with Crippen molar-refractivity contribution >= 4 is 42.3 Å². The minimum Gasteiger partial charge on any atom is -0.481 e. The summed E-state index contributed by atoms with van der Waals surface area (Å²) in [6.45, 7) is 0.608. The van der Waals surface area contributed by atoms with Crippen LogP contribution < -0.4 is 21.7 Å². The van der Waals surface area contributed by atoms with Crippen LogP contribution in [-0.2, 0) is 24.0 Å². The number of carbonyl (C=O) groups is 5. The number of rotatable bonds is 12. The van der Waals surface area contributed by atoms with Crippen LogP contribution in [0.1, 0.15) is 19.8 Å². The quantitative estimate of drug-likeness (QED) is 0.152. The maximum absolute atomic E-state index is 12.2. The number of nitrogens with two attached hydrogens (primary N) is 1. The normalized spacial score (nSPS) is 15.0. The zero-order chi connectivity index (χ0) is 21.1. The highest BCUT2D eigenvalue weighted by molar-refractivity contribution is 7.80. The first-order valence-electron chi connectivity index (χ1n) is 7.86. The van der Waals surface area contributed by atoms with E-state index < -0.39 is 66.9 Å². The van der Waals surface area contributed by atoms with E-state index in [4.69, 9.17) is 15.9 Å². The third-order valence-corrected chi connectivity index (χ3v) is 3.67. The molecule has 0 bridgehead atoms. The lowest BCUT2D eigenvalue weighted by atomic mass is 10.1. The topological polar surface area (TPSA) is 208 Å². The van der Waals surface area contributed by atoms with E-state index in [1.165, 1.54) is 6.92 Å². The molecule has 0 fully saturated rings. The van der Waals surface area contributed by atoms with E-state index in [2.05, 4.69) is 28.6 Å². The molecule has 4 unspecified atom stereocenters. The summed E-state index contributed by atoms with van der Waals surface area (Å²) in [7, 11) is 0. The van der Waals surface area contributed by atoms with Gasteiger partial charge in [0.25, 0.3) is 0 Å². The fraction of sp³-hybridized carbons (Fsp3) is 0.643. The molecule has 0 radical (unpaired) electrons. The number of hydrogen-bond acceptors (Lipinski definition) is 8. The van der Waals surface area contributed by atoms with Crippen molar-refractivity contribution < 1.29 is 39.3 Å². The first-order chi connectivity index (χ1) is 12.5. The molecule has 0 aromatic carbocycles. The van der Waals surface area contributed by atoms with Gasteiger partial charge in [0.15, 0.2) is 0 Å². The Labute approximate surface area is 160 Å². The summed E-state index contributed by atoms with van der Waals surface area (Å²) >= 11 is 3.90. The van der Waals surface area contributed by atoms with Crippen LogP contribution in [0.15, 0.2) is 0 Å². The van der Waals surface area contributed by atoms with E-state index in [1.54, 1.807) is 0 Å². The lowest BCUT2D eigenvalue weighted by Crippen LogP contribution is -2.58. The highest BCUT2D eigenvalue weighted by Gasteiger charge is 2.29. The average Bonchev–Trinajstić information content (AvgIpc) is 2.59. The van der Waals surface area contributed by atoms with Crippen molar-refractivity contribution in [3.05, 3.63) is 0 Å². The number of carboxylic acids is 2. The SMILES string of the molecule is CC(N)C(=O)NC(CO)C(=O)NC(CS)C(=O)NC(CCC(=O)O)C(=O)O. The predicted octanol–water partition coefficient (Wildman–Crippen LogP) is -3.34. The summed E-state index contributed by atoms with van der Waals surface area (Å²) in [5.74, 6) is -5.40. The number of aliphatic hydroxyl groups excluding tert-OH is 1. The summed E-state index contributed by atoms with van der Waals surface area (Å²) in [6.07, 6.45) is -0.835. The van der Waals surface area contributed by atoms with Crippen LogP contribution in [0.4, 0.5) is 0 Å². The Morgan fingerprint density at radius 2 is 1.41 bits per heavy atom. The lowest BCUT2D eigenvalue weighted by molar-refractivity contribution is -0.143. The van der Waals surface area contributed by atoms with Crippen molar-refractivity contribution in [2.45, 2.75) is 43.9 Å². The Morgan fingerprint density at radius 1 is 0.926 bits per heavy atom. The van der Waals surface area contributed by atoms with Gasteiger partial charge in [-0.15, -0.1) is 0 Å². The number of hydrogen-bond donors (Lipinski definition) is 8. The van der Waals surface area contributed by atoms with E-state index >= 15 is 0 Å². The molecule has 13 heteroatoms. The van der Waals surface area contributed by atoms with Gasteiger partial charge in [-0.05, 0) is 13.3 Å². The summed E-state index contributed by atoms with van der Waals surface area (Å²) in [5, 5.41) is 33.4. The number of amides is 3. The van der Waals surface area contributed by atoms with Crippen LogP contribution in [0, 0.1) is 0 Å². The highest BCUT2D eigenvalue weighted by Crippen LogP contribution is 2.00. The molecule has 8 N–H and O–H groups in total. The van der Waals surface area contributed by atoms with Crippen molar-refractivity contribution in [2.75, 3.05) is 12.4 Å². The molecule has 0 saturated carbocycles. The third kappa shape index (κ3) is 9.21. The average molecular weight is 408 g/mol. The molecule has 12 nitrogen and oxygen atoms in total. The summed E-state index contributed by atoms with van der Waals surface area (Å²) in [6, 6.07) is -5.06. The molecule has 0 saturated heterocycles. The molecule has 0 rings (SSSR count). The van der Waals surface area contributed by atoms with Crippen molar-refractivity contribution in [2.24, 2.45) is 5.73 Å². The van der Waals surface area contributed by atoms with Gasteiger partial charge in [0.05, 0.1) is 12.6 Å². The third-order valence-electron chi connectivity index (χ3n) is 3.31. The minimum absolute atomic E-state index is 0.220. The lowest BCUT2D eigenvalue weighted by Gasteiger charge is -2.23. The second-order valence-electron chi connectivity index (χ2n) is 5.61. The number of nitrogens with one attached hydrogen (secondary N) is 3. The zero-order valence-electron chi connectivity index (χ0n) is 14.5. The van der Waals surface area contributed by atoms with Crippen LogP contribution in [-0.4, -0.2) is 81.5 Å². The van der Waals surface area contributed by atoms with E-state index in [-0.39, 0.29) is 12.2 Å². The molecule has 27 heavy (non-hydrogen) atoms. The first-order valence-corrected chi connectivity index (χ1v) is 8.49. The largest absolute Gasteiger partial charge is 0.481 e. The van der Waals surface area contributed by atoms with Crippen LogP contribution in [0.25, 0.3) is 0 Å². The number of aliphatic carboxylic acids is 2. The number of thiol groups is 1. The maximum Gasteiger partial charge on any atom is 0.326 e. The second kappa shape index (κ2) is 12.1. The Kier molecular flexibility index (Phi) is 11.0. The number of carbonyl (C=O) groups excluding carboxylic acids is 3. The van der Waals surface area contributed by atoms with Crippen LogP contribution >= 0.6 is 12.6 Å². The van der Waals surface area contributed by atoms with Gasteiger partial charge in [-0.3, -0.25) is 19.2 Å². The van der Waals surface area contributed by atoms with Crippen molar-refractivity contribution in [1.82, 2.24) is 16.0 Å². The number of carboxylic acid groups (broad SMARTS) is 2. The van der Waals surface area contributed by atoms with Gasteiger partial charge in [0, 0.05) is 12.2 Å². The predicted molar refractivity (Wildman–Crippen MR) is 94.9 cm³/mol. The van der Waals surface area contributed by atoms with E-state index in [0.29, 0.717) is 0 Å². The molecule has 4 atom stereocenters. The number of aliphatic hydroxyl groups is 1. The summed E-state index contributed by atoms with van der Waals surface area (Å²) < 4.78 is 0. The molecular weight excluding hydrogens is 384 g/mol. The fourth-order valence-corrected chi connectivity index (χ4v) is 2.02. The Bertz CT molecular complexity index is 571. The molecule has 0 aliphatic carbocycles. The van der Waals surface area contributed by atoms with Gasteiger partial charge in [-0.25, -0.2) is 4.79 Å². The molecule has 0 aliphatic rings. The molecule has 0 aromatic heterocycles. The Balaban J connectivity index is 4.94. The molecular formula is C14H24N4O8S. The highest BCUT2D eigenvalue weighted by atomic mass is 32.1. The van der Waals surface area contributed by atoms with E-state index in [9.17, 15) is 29.1 Å².